The van der Waals surface area contributed by atoms with Gasteiger partial charge in [0.25, 0.3) is 0 Å². The molecular formula is C8H16N2O3. The molecule has 1 unspecified atom stereocenters. The van der Waals surface area contributed by atoms with Gasteiger partial charge in [-0.15, -0.1) is 0 Å². The summed E-state index contributed by atoms with van der Waals surface area (Å²) in [7, 11) is 1.58. The molecule has 0 radical (unpaired) electrons. The van der Waals surface area contributed by atoms with Crippen LogP contribution in [0.3, 0.4) is 0 Å². The van der Waals surface area contributed by atoms with Gasteiger partial charge in [-0.2, -0.15) is 0 Å². The van der Waals surface area contributed by atoms with Gasteiger partial charge in [0.2, 0.25) is 11.8 Å². The van der Waals surface area contributed by atoms with Crippen molar-refractivity contribution >= 4 is 11.8 Å². The van der Waals surface area contributed by atoms with E-state index in [-0.39, 0.29) is 25.5 Å². The summed E-state index contributed by atoms with van der Waals surface area (Å²) in [6, 6.07) is 0. The monoisotopic (exact) mass is 188 g/mol. The van der Waals surface area contributed by atoms with Crippen LogP contribution in [0.2, 0.25) is 0 Å². The minimum atomic E-state index is -0.481. The van der Waals surface area contributed by atoms with Crippen molar-refractivity contribution in [1.29, 1.82) is 0 Å². The maximum Gasteiger partial charge on any atom is 0.223 e. The number of carbonyl (C=O) groups excluding carboxylic acids is 2. The smallest absolute Gasteiger partial charge is 0.223 e. The van der Waals surface area contributed by atoms with Gasteiger partial charge in [0.15, 0.2) is 0 Å². The lowest BCUT2D eigenvalue weighted by Crippen LogP contribution is -2.33. The minimum absolute atomic E-state index is 0.0762. The van der Waals surface area contributed by atoms with Crippen LogP contribution in [0.15, 0.2) is 0 Å². The Morgan fingerprint density at radius 3 is 2.46 bits per heavy atom. The van der Waals surface area contributed by atoms with Crippen LogP contribution in [0.25, 0.3) is 0 Å². The number of aliphatic hydroxyl groups excluding tert-OH is 1. The van der Waals surface area contributed by atoms with Crippen molar-refractivity contribution in [2.45, 2.75) is 13.3 Å². The maximum atomic E-state index is 11.3. The second-order valence-corrected chi connectivity index (χ2v) is 3.05. The molecule has 0 fully saturated rings. The molecule has 0 heterocycles. The van der Waals surface area contributed by atoms with E-state index in [1.807, 2.05) is 0 Å². The summed E-state index contributed by atoms with van der Waals surface area (Å²) in [6.45, 7) is 1.81. The van der Waals surface area contributed by atoms with Gasteiger partial charge in [-0.25, -0.2) is 0 Å². The Morgan fingerprint density at radius 2 is 2.08 bits per heavy atom. The lowest BCUT2D eigenvalue weighted by molar-refractivity contribution is -0.134. The number of nitrogens with two attached hydrogens (primary N) is 1. The highest BCUT2D eigenvalue weighted by Crippen LogP contribution is 2.02. The Balaban J connectivity index is 3.92. The normalized spacial score (nSPS) is 12.2. The van der Waals surface area contributed by atoms with Crippen molar-refractivity contribution in [3.63, 3.8) is 0 Å². The zero-order chi connectivity index (χ0) is 10.4. The Morgan fingerprint density at radius 1 is 1.54 bits per heavy atom. The van der Waals surface area contributed by atoms with Crippen LogP contribution in [-0.4, -0.2) is 42.0 Å². The molecule has 1 atom stereocenters. The maximum absolute atomic E-state index is 11.3. The molecule has 0 rings (SSSR count). The first-order chi connectivity index (χ1) is 5.99. The Labute approximate surface area is 77.5 Å². The quantitative estimate of drug-likeness (QED) is 0.577. The third kappa shape index (κ3) is 4.47. The lowest BCUT2D eigenvalue weighted by Gasteiger charge is -2.16. The van der Waals surface area contributed by atoms with Crippen LogP contribution in [0.1, 0.15) is 13.3 Å². The van der Waals surface area contributed by atoms with Gasteiger partial charge in [-0.3, -0.25) is 9.59 Å². The number of nitrogens with zero attached hydrogens (tertiary/aromatic N) is 1. The Bertz CT molecular complexity index is 194. The van der Waals surface area contributed by atoms with E-state index in [9.17, 15) is 9.59 Å². The third-order valence-corrected chi connectivity index (χ3v) is 1.83. The van der Waals surface area contributed by atoms with Gasteiger partial charge in [0.05, 0.1) is 6.61 Å². The molecule has 0 aliphatic heterocycles. The molecule has 0 saturated heterocycles. The SMILES string of the molecule is CC(CC(=O)N(C)CCO)C(N)=O. The van der Waals surface area contributed by atoms with Crippen LogP contribution >= 0.6 is 0 Å². The molecule has 2 amide bonds. The molecular weight excluding hydrogens is 172 g/mol. The van der Waals surface area contributed by atoms with Gasteiger partial charge < -0.3 is 15.7 Å². The molecule has 0 aromatic carbocycles. The molecule has 3 N–H and O–H groups in total. The van der Waals surface area contributed by atoms with E-state index in [0.29, 0.717) is 0 Å². The fraction of sp³-hybridized carbons (Fsp3) is 0.750. The zero-order valence-corrected chi connectivity index (χ0v) is 7.99. The van der Waals surface area contributed by atoms with Crippen LogP contribution in [-0.2, 0) is 9.59 Å². The fourth-order valence-electron chi connectivity index (χ4n) is 0.793. The number of primary amides is 1. The number of hydrogen-bond acceptors (Lipinski definition) is 3. The zero-order valence-electron chi connectivity index (χ0n) is 7.99. The summed E-state index contributed by atoms with van der Waals surface area (Å²) >= 11 is 0. The van der Waals surface area contributed by atoms with Crippen molar-refractivity contribution in [3.8, 4) is 0 Å². The Kier molecular flexibility index (Phi) is 5.06. The van der Waals surface area contributed by atoms with E-state index in [2.05, 4.69) is 0 Å². The van der Waals surface area contributed by atoms with E-state index in [4.69, 9.17) is 10.8 Å². The van der Waals surface area contributed by atoms with E-state index in [1.165, 1.54) is 4.90 Å². The molecule has 5 heteroatoms. The van der Waals surface area contributed by atoms with Crippen molar-refractivity contribution in [1.82, 2.24) is 4.90 Å². The molecule has 0 aromatic rings. The predicted octanol–water partition coefficient (Wildman–Crippen LogP) is -1.05. The van der Waals surface area contributed by atoms with Crippen molar-refractivity contribution < 1.29 is 14.7 Å². The fourth-order valence-corrected chi connectivity index (χ4v) is 0.793. The summed E-state index contributed by atoms with van der Waals surface area (Å²) in [4.78, 5) is 23.2. The van der Waals surface area contributed by atoms with E-state index < -0.39 is 11.8 Å². The van der Waals surface area contributed by atoms with Crippen LogP contribution < -0.4 is 5.73 Å². The summed E-state index contributed by atoms with van der Waals surface area (Å²) in [5.74, 6) is -1.11. The van der Waals surface area contributed by atoms with E-state index in [1.54, 1.807) is 14.0 Å². The topological polar surface area (TPSA) is 83.6 Å². The van der Waals surface area contributed by atoms with Gasteiger partial charge >= 0.3 is 0 Å². The number of hydrogen-bond donors (Lipinski definition) is 2. The molecule has 0 bridgehead atoms. The van der Waals surface area contributed by atoms with Gasteiger partial charge in [0.1, 0.15) is 0 Å². The summed E-state index contributed by atoms with van der Waals surface area (Å²) < 4.78 is 0. The van der Waals surface area contributed by atoms with Gasteiger partial charge in [-0.05, 0) is 0 Å². The van der Waals surface area contributed by atoms with E-state index >= 15 is 0 Å². The molecule has 5 nitrogen and oxygen atoms in total. The third-order valence-electron chi connectivity index (χ3n) is 1.83. The molecule has 76 valence electrons. The molecule has 0 aromatic heterocycles. The van der Waals surface area contributed by atoms with Crippen LogP contribution in [0.4, 0.5) is 0 Å². The average molecular weight is 188 g/mol. The summed E-state index contributed by atoms with van der Waals surface area (Å²) in [5, 5.41) is 8.54. The molecule has 0 saturated carbocycles. The van der Waals surface area contributed by atoms with E-state index in [0.717, 1.165) is 0 Å². The van der Waals surface area contributed by atoms with Crippen molar-refractivity contribution in [3.05, 3.63) is 0 Å². The van der Waals surface area contributed by atoms with Crippen LogP contribution in [0, 0.1) is 5.92 Å². The summed E-state index contributed by atoms with van der Waals surface area (Å²) in [6.07, 6.45) is 0.103. The van der Waals surface area contributed by atoms with Gasteiger partial charge in [0, 0.05) is 25.9 Å². The second kappa shape index (κ2) is 5.53. The highest BCUT2D eigenvalue weighted by atomic mass is 16.3. The largest absolute Gasteiger partial charge is 0.395 e. The predicted molar refractivity (Wildman–Crippen MR) is 47.7 cm³/mol. The first-order valence-electron chi connectivity index (χ1n) is 4.13. The van der Waals surface area contributed by atoms with Crippen molar-refractivity contribution in [2.24, 2.45) is 11.7 Å². The standard InChI is InChI=1S/C8H16N2O3/c1-6(8(9)13)5-7(12)10(2)3-4-11/h6,11H,3-5H2,1-2H3,(H2,9,13). The first kappa shape index (κ1) is 11.9. The molecule has 0 aliphatic rings. The number of rotatable bonds is 5. The first-order valence-corrected chi connectivity index (χ1v) is 4.13. The average Bonchev–Trinajstić information content (AvgIpc) is 2.04. The highest BCUT2D eigenvalue weighted by molar-refractivity contribution is 5.84. The van der Waals surface area contributed by atoms with Crippen LogP contribution in [0.5, 0.6) is 0 Å². The second-order valence-electron chi connectivity index (χ2n) is 3.05. The molecule has 0 aliphatic carbocycles. The number of aliphatic hydroxyl groups is 1. The Hall–Kier alpha value is -1.10. The number of amides is 2. The minimum Gasteiger partial charge on any atom is -0.395 e. The highest BCUT2D eigenvalue weighted by Gasteiger charge is 2.16. The number of carbonyl (C=O) groups is 2. The number of likely N-dealkylation sites (N-methyl/N-ethyl adjacent to an activating group) is 1. The lowest BCUT2D eigenvalue weighted by atomic mass is 10.1. The van der Waals surface area contributed by atoms with Gasteiger partial charge in [-0.1, -0.05) is 6.92 Å². The van der Waals surface area contributed by atoms with Crippen molar-refractivity contribution in [2.75, 3.05) is 20.2 Å². The summed E-state index contributed by atoms with van der Waals surface area (Å²) in [5.41, 5.74) is 5.00. The molecule has 0 spiro atoms. The molecule has 13 heavy (non-hydrogen) atoms.